The molecule has 4 nitrogen and oxygen atoms in total. The molecule has 0 atom stereocenters. The Balaban J connectivity index is 3.04. The van der Waals surface area contributed by atoms with Crippen LogP contribution in [0.1, 0.15) is 5.82 Å². The monoisotopic (exact) mass is 195 g/mol. The summed E-state index contributed by atoms with van der Waals surface area (Å²) >= 11 is 0. The van der Waals surface area contributed by atoms with Crippen molar-refractivity contribution in [1.29, 1.82) is 0 Å². The van der Waals surface area contributed by atoms with Crippen LogP contribution < -0.4 is 5.69 Å². The standard InChI is InChI=1S/C6H8F3N3O/c1-4-10-12(3-6(7,8)9)5(13)11(4)2/h3H2,1-2H3. The second-order valence-electron chi connectivity index (χ2n) is 2.66. The molecule has 0 aliphatic heterocycles. The minimum Gasteiger partial charge on any atom is -0.282 e. The van der Waals surface area contributed by atoms with Crippen molar-refractivity contribution in [2.45, 2.75) is 19.6 Å². The molecule has 0 aromatic carbocycles. The third-order valence-corrected chi connectivity index (χ3v) is 1.59. The van der Waals surface area contributed by atoms with Gasteiger partial charge in [0.25, 0.3) is 0 Å². The van der Waals surface area contributed by atoms with Crippen LogP contribution in [0.4, 0.5) is 13.2 Å². The van der Waals surface area contributed by atoms with E-state index in [1.54, 1.807) is 0 Å². The number of aromatic nitrogens is 3. The Morgan fingerprint density at radius 2 is 2.00 bits per heavy atom. The molecule has 0 amide bonds. The van der Waals surface area contributed by atoms with E-state index in [1.165, 1.54) is 14.0 Å². The third kappa shape index (κ3) is 2.10. The van der Waals surface area contributed by atoms with Crippen LogP contribution in [0.25, 0.3) is 0 Å². The molecule has 0 radical (unpaired) electrons. The summed E-state index contributed by atoms with van der Waals surface area (Å²) in [6.45, 7) is 0.127. The zero-order chi connectivity index (χ0) is 10.2. The molecule has 0 bridgehead atoms. The van der Waals surface area contributed by atoms with Gasteiger partial charge in [-0.1, -0.05) is 0 Å². The zero-order valence-corrected chi connectivity index (χ0v) is 7.09. The SMILES string of the molecule is Cc1nn(CC(F)(F)F)c(=O)n1C. The lowest BCUT2D eigenvalue weighted by atomic mass is 10.6. The molecule has 1 heterocycles. The maximum Gasteiger partial charge on any atom is 0.408 e. The van der Waals surface area contributed by atoms with Gasteiger partial charge in [0.2, 0.25) is 0 Å². The van der Waals surface area contributed by atoms with Gasteiger partial charge in [0.05, 0.1) is 0 Å². The van der Waals surface area contributed by atoms with Crippen molar-refractivity contribution in [3.05, 3.63) is 16.3 Å². The molecule has 7 heteroatoms. The topological polar surface area (TPSA) is 39.8 Å². The van der Waals surface area contributed by atoms with Gasteiger partial charge in [0.1, 0.15) is 12.4 Å². The number of hydrogen-bond donors (Lipinski definition) is 0. The van der Waals surface area contributed by atoms with Gasteiger partial charge in [-0.05, 0) is 6.92 Å². The normalized spacial score (nSPS) is 12.1. The molecule has 1 aromatic heterocycles. The Morgan fingerprint density at radius 1 is 1.46 bits per heavy atom. The van der Waals surface area contributed by atoms with Gasteiger partial charge < -0.3 is 0 Å². The highest BCUT2D eigenvalue weighted by Crippen LogP contribution is 2.15. The minimum atomic E-state index is -4.41. The fourth-order valence-corrected chi connectivity index (χ4v) is 0.869. The van der Waals surface area contributed by atoms with Gasteiger partial charge >= 0.3 is 11.9 Å². The summed E-state index contributed by atoms with van der Waals surface area (Å²) in [5, 5.41) is 3.44. The fraction of sp³-hybridized carbons (Fsp3) is 0.667. The van der Waals surface area contributed by atoms with Gasteiger partial charge in [0.15, 0.2) is 0 Å². The van der Waals surface area contributed by atoms with E-state index in [0.29, 0.717) is 4.68 Å². The molecule has 0 aliphatic carbocycles. The molecule has 0 aliphatic rings. The predicted molar refractivity (Wildman–Crippen MR) is 38.3 cm³/mol. The van der Waals surface area contributed by atoms with Crippen molar-refractivity contribution in [3.63, 3.8) is 0 Å². The number of alkyl halides is 3. The fourth-order valence-electron chi connectivity index (χ4n) is 0.869. The Bertz CT molecular complexity index is 362. The van der Waals surface area contributed by atoms with Gasteiger partial charge in [-0.3, -0.25) is 4.57 Å². The van der Waals surface area contributed by atoms with Crippen molar-refractivity contribution >= 4 is 0 Å². The third-order valence-electron chi connectivity index (χ3n) is 1.59. The highest BCUT2D eigenvalue weighted by molar-refractivity contribution is 4.81. The average molecular weight is 195 g/mol. The van der Waals surface area contributed by atoms with Crippen LogP contribution in [0.2, 0.25) is 0 Å². The molecular weight excluding hydrogens is 187 g/mol. The summed E-state index contributed by atoms with van der Waals surface area (Å²) in [6.07, 6.45) is -4.41. The molecule has 1 aromatic rings. The molecule has 0 fully saturated rings. The summed E-state index contributed by atoms with van der Waals surface area (Å²) < 4.78 is 37.0. The average Bonchev–Trinajstić information content (AvgIpc) is 2.15. The molecular formula is C6H8F3N3O. The van der Waals surface area contributed by atoms with E-state index in [4.69, 9.17) is 0 Å². The van der Waals surface area contributed by atoms with Crippen molar-refractivity contribution in [1.82, 2.24) is 14.3 Å². The molecule has 13 heavy (non-hydrogen) atoms. The first kappa shape index (κ1) is 9.82. The molecule has 74 valence electrons. The summed E-state index contributed by atoms with van der Waals surface area (Å²) in [5.74, 6) is 0.259. The highest BCUT2D eigenvalue weighted by atomic mass is 19.4. The first-order valence-corrected chi connectivity index (χ1v) is 3.48. The van der Waals surface area contributed by atoms with Crippen molar-refractivity contribution in [3.8, 4) is 0 Å². The van der Waals surface area contributed by atoms with E-state index in [1.807, 2.05) is 0 Å². The lowest BCUT2D eigenvalue weighted by molar-refractivity contribution is -0.143. The van der Waals surface area contributed by atoms with E-state index in [2.05, 4.69) is 5.10 Å². The number of rotatable bonds is 1. The lowest BCUT2D eigenvalue weighted by Crippen LogP contribution is -2.29. The molecule has 1 rings (SSSR count). The first-order valence-electron chi connectivity index (χ1n) is 3.48. The largest absolute Gasteiger partial charge is 0.408 e. The van der Waals surface area contributed by atoms with Crippen molar-refractivity contribution in [2.75, 3.05) is 0 Å². The maximum absolute atomic E-state index is 11.9. The molecule has 0 saturated carbocycles. The molecule has 0 saturated heterocycles. The van der Waals surface area contributed by atoms with Crippen LogP contribution in [0.15, 0.2) is 4.79 Å². The van der Waals surface area contributed by atoms with Crippen LogP contribution in [0, 0.1) is 6.92 Å². The van der Waals surface area contributed by atoms with Crippen molar-refractivity contribution < 1.29 is 13.2 Å². The highest BCUT2D eigenvalue weighted by Gasteiger charge is 2.30. The maximum atomic E-state index is 11.9. The van der Waals surface area contributed by atoms with E-state index < -0.39 is 18.4 Å². The van der Waals surface area contributed by atoms with E-state index in [-0.39, 0.29) is 5.82 Å². The van der Waals surface area contributed by atoms with Crippen LogP contribution in [-0.2, 0) is 13.6 Å². The Kier molecular flexibility index (Phi) is 2.19. The van der Waals surface area contributed by atoms with Gasteiger partial charge in [-0.25, -0.2) is 9.48 Å². The number of hydrogen-bond acceptors (Lipinski definition) is 2. The second-order valence-corrected chi connectivity index (χ2v) is 2.66. The van der Waals surface area contributed by atoms with E-state index >= 15 is 0 Å². The van der Waals surface area contributed by atoms with Gasteiger partial charge in [0, 0.05) is 7.05 Å². The summed E-state index contributed by atoms with van der Waals surface area (Å²) in [4.78, 5) is 11.0. The Morgan fingerprint density at radius 3 is 2.31 bits per heavy atom. The molecule has 0 unspecified atom stereocenters. The van der Waals surface area contributed by atoms with Crippen LogP contribution in [-0.4, -0.2) is 20.5 Å². The van der Waals surface area contributed by atoms with E-state index in [0.717, 1.165) is 4.57 Å². The van der Waals surface area contributed by atoms with Crippen LogP contribution in [0.5, 0.6) is 0 Å². The van der Waals surface area contributed by atoms with Crippen LogP contribution >= 0.6 is 0 Å². The second kappa shape index (κ2) is 2.90. The zero-order valence-electron chi connectivity index (χ0n) is 7.09. The summed E-state index contributed by atoms with van der Waals surface area (Å²) in [5.41, 5.74) is -0.755. The minimum absolute atomic E-state index is 0.259. The molecule has 0 N–H and O–H groups in total. The van der Waals surface area contributed by atoms with Crippen LogP contribution in [0.3, 0.4) is 0 Å². The van der Waals surface area contributed by atoms with Crippen molar-refractivity contribution in [2.24, 2.45) is 7.05 Å². The Labute approximate surface area is 71.6 Å². The predicted octanol–water partition coefficient (Wildman–Crippen LogP) is 0.453. The Hall–Kier alpha value is -1.27. The summed E-state index contributed by atoms with van der Waals surface area (Å²) in [7, 11) is 1.37. The van der Waals surface area contributed by atoms with Gasteiger partial charge in [-0.2, -0.15) is 18.3 Å². The smallest absolute Gasteiger partial charge is 0.282 e. The molecule has 0 spiro atoms. The number of nitrogens with zero attached hydrogens (tertiary/aromatic N) is 3. The van der Waals surface area contributed by atoms with E-state index in [9.17, 15) is 18.0 Å². The van der Waals surface area contributed by atoms with Gasteiger partial charge in [-0.15, -0.1) is 0 Å². The quantitative estimate of drug-likeness (QED) is 0.652. The summed E-state index contributed by atoms with van der Waals surface area (Å²) in [6, 6.07) is 0. The lowest BCUT2D eigenvalue weighted by Gasteiger charge is -2.03. The number of halogens is 3. The first-order chi connectivity index (χ1) is 5.81. The number of aryl methyl sites for hydroxylation is 1.